The monoisotopic (exact) mass is 843 g/mol. The lowest BCUT2D eigenvalue weighted by molar-refractivity contribution is -0.329. The van der Waals surface area contributed by atoms with Gasteiger partial charge in [-0.1, -0.05) is 42.0 Å². The Labute approximate surface area is 350 Å². The number of fused-ring (bicyclic) bond motifs is 9. The maximum atomic E-state index is 14.1. The fourth-order valence-electron chi connectivity index (χ4n) is 7.61. The minimum atomic E-state index is -1.80. The third-order valence-electron chi connectivity index (χ3n) is 10.5. The number of aliphatic hydroxyl groups is 2. The Balaban J connectivity index is 1.34. The first-order valence-corrected chi connectivity index (χ1v) is 19.0. The fraction of sp³-hybridized carbons (Fsp3) is 0.372. The van der Waals surface area contributed by atoms with Gasteiger partial charge in [0.05, 0.1) is 47.0 Å². The van der Waals surface area contributed by atoms with Crippen molar-refractivity contribution in [2.75, 3.05) is 33.1 Å². The standard InChI is InChI=1S/C43H42ClN3O13/c1-21-39(52)46-34-26(17-25(54-6)18-30(34)56-21)40(53)57-31-20-55-33(49)19-28(45)23-15-27(44)37(29(48)16-23)58-32-11-7-9-22(31)12-13-24-10-8-14-43(24,32)60-41-36(51)35(50)38(47(4)5)42(2,3)59-41/h8-10,14-18,28,31-32,35-36,38,41,48,50-51H,1,19-20,45H2,2-6H3,(H,46,52)/b22-9-/t28-,31-,32?,35?,36?,38?,41?,43+/m0/s1. The summed E-state index contributed by atoms with van der Waals surface area (Å²) in [6, 6.07) is 3.83. The number of ether oxygens (including phenoxy) is 7. The van der Waals surface area contributed by atoms with E-state index in [9.17, 15) is 29.7 Å². The van der Waals surface area contributed by atoms with Crippen molar-refractivity contribution < 1.29 is 62.9 Å². The fourth-order valence-corrected chi connectivity index (χ4v) is 7.88. The number of allylic oxidation sites excluding steroid dienone is 3. The van der Waals surface area contributed by atoms with Crippen LogP contribution < -0.4 is 25.3 Å². The number of likely N-dealkylation sites (N-methyl/N-ethyl adjacent to an activating group) is 1. The Morgan fingerprint density at radius 2 is 1.90 bits per heavy atom. The van der Waals surface area contributed by atoms with Crippen molar-refractivity contribution in [2.45, 2.75) is 74.3 Å². The van der Waals surface area contributed by atoms with E-state index in [2.05, 4.69) is 35.6 Å². The van der Waals surface area contributed by atoms with E-state index in [0.717, 1.165) is 0 Å². The number of hydrogen-bond acceptors (Lipinski definition) is 15. The second-order valence-electron chi connectivity index (χ2n) is 15.2. The molecule has 0 aromatic heterocycles. The molecule has 5 unspecified atom stereocenters. The van der Waals surface area contributed by atoms with Gasteiger partial charge in [0.2, 0.25) is 0 Å². The minimum absolute atomic E-state index is 0.0160. The Kier molecular flexibility index (Phi) is 11.5. The van der Waals surface area contributed by atoms with Crippen LogP contribution in [0.4, 0.5) is 5.69 Å². The second kappa shape index (κ2) is 16.3. The van der Waals surface area contributed by atoms with E-state index >= 15 is 0 Å². The van der Waals surface area contributed by atoms with E-state index in [1.54, 1.807) is 51.1 Å². The van der Waals surface area contributed by atoms with Gasteiger partial charge in [-0.05, 0) is 69.8 Å². The zero-order valence-corrected chi connectivity index (χ0v) is 33.9. The Morgan fingerprint density at radius 1 is 1.13 bits per heavy atom. The van der Waals surface area contributed by atoms with Gasteiger partial charge < -0.3 is 64.4 Å². The van der Waals surface area contributed by atoms with Gasteiger partial charge in [-0.15, -0.1) is 0 Å². The van der Waals surface area contributed by atoms with E-state index in [4.69, 9.17) is 50.5 Å². The number of benzene rings is 2. The highest BCUT2D eigenvalue weighted by molar-refractivity contribution is 6.32. The highest BCUT2D eigenvalue weighted by Gasteiger charge is 2.55. The molecule has 2 aliphatic carbocycles. The number of nitrogens with two attached hydrogens (primary N) is 1. The van der Waals surface area contributed by atoms with Crippen LogP contribution in [-0.2, 0) is 28.5 Å². The molecule has 2 aromatic rings. The normalized spacial score (nSPS) is 29.9. The van der Waals surface area contributed by atoms with Crippen molar-refractivity contribution in [1.29, 1.82) is 0 Å². The molecule has 60 heavy (non-hydrogen) atoms. The number of rotatable bonds is 6. The minimum Gasteiger partial charge on any atom is -0.504 e. The number of anilines is 1. The zero-order valence-electron chi connectivity index (χ0n) is 33.1. The van der Waals surface area contributed by atoms with Crippen LogP contribution in [0.5, 0.6) is 23.0 Å². The van der Waals surface area contributed by atoms with Crippen LogP contribution in [-0.4, -0.2) is 114 Å². The topological polar surface area (TPSA) is 218 Å². The molecule has 0 spiro atoms. The average molecular weight is 844 g/mol. The smallest absolute Gasteiger partial charge is 0.341 e. The maximum Gasteiger partial charge on any atom is 0.341 e. The van der Waals surface area contributed by atoms with Crippen LogP contribution in [0.15, 0.2) is 72.1 Å². The van der Waals surface area contributed by atoms with Crippen molar-refractivity contribution in [3.05, 3.63) is 88.2 Å². The van der Waals surface area contributed by atoms with E-state index in [1.807, 2.05) is 0 Å². The summed E-state index contributed by atoms with van der Waals surface area (Å²) in [5.41, 5.74) is 3.86. The molecular formula is C43H42ClN3O13. The number of hydrogen-bond donors (Lipinski definition) is 5. The van der Waals surface area contributed by atoms with Gasteiger partial charge in [0, 0.05) is 23.8 Å². The summed E-state index contributed by atoms with van der Waals surface area (Å²) < 4.78 is 41.9. The number of nitrogens with zero attached hydrogens (tertiary/aromatic N) is 1. The summed E-state index contributed by atoms with van der Waals surface area (Å²) in [6.07, 6.45) is -1.46. The number of amides is 1. The molecule has 0 radical (unpaired) electrons. The molecule has 16 nitrogen and oxygen atoms in total. The number of methoxy groups -OCH3 is 1. The summed E-state index contributed by atoms with van der Waals surface area (Å²) in [4.78, 5) is 41.6. The molecule has 1 fully saturated rings. The van der Waals surface area contributed by atoms with Crippen LogP contribution in [0, 0.1) is 23.7 Å². The molecule has 1 saturated heterocycles. The number of phenolic OH excluding ortho intramolecular Hbond substituents is 1. The van der Waals surface area contributed by atoms with Crippen LogP contribution in [0.25, 0.3) is 0 Å². The first kappa shape index (κ1) is 42.3. The molecule has 4 bridgehead atoms. The van der Waals surface area contributed by atoms with E-state index in [0.29, 0.717) is 0 Å². The molecule has 8 atom stereocenters. The Hall–Kier alpha value is -5.82. The number of aromatic hydroxyl groups is 1. The molecule has 1 amide bonds. The number of nitrogens with one attached hydrogen (secondary N) is 1. The van der Waals surface area contributed by atoms with Gasteiger partial charge in [-0.25, -0.2) is 4.79 Å². The van der Waals surface area contributed by atoms with Crippen molar-refractivity contribution >= 4 is 35.1 Å². The van der Waals surface area contributed by atoms with Gasteiger partial charge in [0.15, 0.2) is 47.1 Å². The van der Waals surface area contributed by atoms with Gasteiger partial charge in [0.25, 0.3) is 5.91 Å². The molecule has 4 aliphatic heterocycles. The number of phenols is 1. The van der Waals surface area contributed by atoms with Gasteiger partial charge >= 0.3 is 11.9 Å². The molecule has 6 aliphatic rings. The largest absolute Gasteiger partial charge is 0.504 e. The Morgan fingerprint density at radius 3 is 2.62 bits per heavy atom. The Bertz CT molecular complexity index is 2360. The molecule has 8 rings (SSSR count). The number of carbonyl (C=O) groups is 3. The molecule has 2 aromatic carbocycles. The van der Waals surface area contributed by atoms with Crippen LogP contribution in [0.1, 0.15) is 42.2 Å². The molecule has 314 valence electrons. The molecule has 0 saturated carbocycles. The summed E-state index contributed by atoms with van der Waals surface area (Å²) in [5, 5.41) is 36.6. The van der Waals surface area contributed by atoms with Crippen LogP contribution in [0.2, 0.25) is 5.02 Å². The summed E-state index contributed by atoms with van der Waals surface area (Å²) in [5.74, 6) is 8.83. The molecule has 4 heterocycles. The second-order valence-corrected chi connectivity index (χ2v) is 15.6. The first-order valence-electron chi connectivity index (χ1n) is 18.6. The number of carbonyl (C=O) groups excluding carboxylic acids is 3. The maximum absolute atomic E-state index is 14.1. The van der Waals surface area contributed by atoms with E-state index in [1.165, 1.54) is 37.5 Å². The predicted octanol–water partition coefficient (Wildman–Crippen LogP) is 2.80. The number of aliphatic hydroxyl groups excluding tert-OH is 2. The van der Waals surface area contributed by atoms with Crippen molar-refractivity contribution in [2.24, 2.45) is 5.73 Å². The molecule has 17 heteroatoms. The lowest BCUT2D eigenvalue weighted by atomic mass is 9.85. The number of halogens is 1. The predicted molar refractivity (Wildman–Crippen MR) is 214 cm³/mol. The zero-order chi connectivity index (χ0) is 43.3. The lowest BCUT2D eigenvalue weighted by Crippen LogP contribution is -2.68. The van der Waals surface area contributed by atoms with Crippen LogP contribution in [0.3, 0.4) is 0 Å². The third-order valence-corrected chi connectivity index (χ3v) is 10.8. The first-order chi connectivity index (χ1) is 28.4. The SMILES string of the molecule is C=C1Oc2cc(OC)cc(C(=O)O[C@H]3COC(=O)C[C@H](N)c4cc(O)c(c(Cl)c4)OC4C#C/C=C\3C#CC3=CC=C[C@@]34OC3OC(C)(C)C(N(C)C)C(O)C3O)c2NC1=O. The van der Waals surface area contributed by atoms with Gasteiger partial charge in [-0.2, -0.15) is 0 Å². The van der Waals surface area contributed by atoms with E-state index < -0.39 is 84.2 Å². The quantitative estimate of drug-likeness (QED) is 0.161. The summed E-state index contributed by atoms with van der Waals surface area (Å²) in [6.45, 7) is 6.50. The molecular weight excluding hydrogens is 802 g/mol. The highest BCUT2D eigenvalue weighted by Crippen LogP contribution is 2.44. The summed E-state index contributed by atoms with van der Waals surface area (Å²) in [7, 11) is 4.87. The average Bonchev–Trinajstić information content (AvgIpc) is 3.60. The van der Waals surface area contributed by atoms with Crippen LogP contribution >= 0.6 is 11.6 Å². The highest BCUT2D eigenvalue weighted by atomic mass is 35.5. The van der Waals surface area contributed by atoms with Gasteiger partial charge in [0.1, 0.15) is 24.6 Å². The molecule has 6 N–H and O–H groups in total. The lowest BCUT2D eigenvalue weighted by Gasteiger charge is -2.51. The van der Waals surface area contributed by atoms with Crippen molar-refractivity contribution in [3.8, 4) is 46.7 Å². The number of esters is 2. The summed E-state index contributed by atoms with van der Waals surface area (Å²) >= 11 is 6.70. The van der Waals surface area contributed by atoms with E-state index in [-0.39, 0.29) is 62.4 Å². The van der Waals surface area contributed by atoms with Crippen molar-refractivity contribution in [1.82, 2.24) is 4.90 Å². The third kappa shape index (κ3) is 7.94. The van der Waals surface area contributed by atoms with Gasteiger partial charge in [-0.3, -0.25) is 9.59 Å². The van der Waals surface area contributed by atoms with Crippen molar-refractivity contribution in [3.63, 3.8) is 0 Å².